The van der Waals surface area contributed by atoms with E-state index in [-0.39, 0.29) is 0 Å². The molecule has 0 radical (unpaired) electrons. The van der Waals surface area contributed by atoms with Gasteiger partial charge in [0, 0.05) is 38.2 Å². The minimum Gasteiger partial charge on any atom is -0.307 e. The number of benzene rings is 10. The second-order valence-corrected chi connectivity index (χ2v) is 17.4. The van der Waals surface area contributed by atoms with E-state index in [1.54, 1.807) is 0 Å². The molecule has 14 aromatic rings. The zero-order chi connectivity index (χ0) is 44.7. The van der Waals surface area contributed by atoms with Crippen molar-refractivity contribution in [1.29, 1.82) is 0 Å². The number of para-hydroxylation sites is 3. The van der Waals surface area contributed by atoms with Gasteiger partial charge in [0.1, 0.15) is 5.69 Å². The Bertz CT molecular complexity index is 4290. The van der Waals surface area contributed by atoms with Crippen LogP contribution < -0.4 is 0 Å². The smallest absolute Gasteiger partial charge is 0.238 e. The molecule has 68 heavy (non-hydrogen) atoms. The SMILES string of the molecule is c1ccc(-c2cccc(-c3nc(-c4ccccc4)nc(-n4c5ccccc5c5ccc6c7ccccc7n(-c7ccccc7-c7ccc8c9ccccc9c9ccccc9c8c7)c6c54)n3)n2)cc1. The fourth-order valence-corrected chi connectivity index (χ4v) is 10.6. The molecule has 0 aliphatic rings. The molecular formula is C62H38N6. The minimum absolute atomic E-state index is 0.493. The summed E-state index contributed by atoms with van der Waals surface area (Å²) in [5.41, 5.74) is 11.0. The summed E-state index contributed by atoms with van der Waals surface area (Å²) in [5, 5.41) is 12.0. The van der Waals surface area contributed by atoms with Gasteiger partial charge >= 0.3 is 0 Å². The van der Waals surface area contributed by atoms with E-state index in [2.05, 4.69) is 173 Å². The largest absolute Gasteiger partial charge is 0.307 e. The second kappa shape index (κ2) is 15.2. The topological polar surface area (TPSA) is 61.4 Å². The molecule has 0 aliphatic heterocycles. The first-order valence-electron chi connectivity index (χ1n) is 23.0. The monoisotopic (exact) mass is 866 g/mol. The van der Waals surface area contributed by atoms with Gasteiger partial charge in [-0.05, 0) is 74.3 Å². The van der Waals surface area contributed by atoms with Gasteiger partial charge in [0.25, 0.3) is 0 Å². The first-order chi connectivity index (χ1) is 33.7. The summed E-state index contributed by atoms with van der Waals surface area (Å²) in [6.07, 6.45) is 0. The Hall–Kier alpha value is -9.26. The molecule has 0 saturated heterocycles. The number of hydrogen-bond donors (Lipinski definition) is 0. The molecule has 0 saturated carbocycles. The summed E-state index contributed by atoms with van der Waals surface area (Å²) in [7, 11) is 0. The van der Waals surface area contributed by atoms with Crippen molar-refractivity contribution in [3.63, 3.8) is 0 Å². The molecule has 0 unspecified atom stereocenters. The molecular weight excluding hydrogens is 829 g/mol. The average molecular weight is 867 g/mol. The van der Waals surface area contributed by atoms with Gasteiger partial charge in [0.2, 0.25) is 5.95 Å². The first-order valence-corrected chi connectivity index (χ1v) is 23.0. The van der Waals surface area contributed by atoms with Gasteiger partial charge in [-0.1, -0.05) is 194 Å². The van der Waals surface area contributed by atoms with Gasteiger partial charge in [0.15, 0.2) is 11.6 Å². The van der Waals surface area contributed by atoms with E-state index in [0.717, 1.165) is 77.2 Å². The Morgan fingerprint density at radius 3 is 1.43 bits per heavy atom. The minimum atomic E-state index is 0.493. The average Bonchev–Trinajstić information content (AvgIpc) is 3.94. The van der Waals surface area contributed by atoms with E-state index in [4.69, 9.17) is 19.9 Å². The van der Waals surface area contributed by atoms with Crippen LogP contribution in [0.15, 0.2) is 231 Å². The number of fused-ring (bicyclic) bond motifs is 13. The highest BCUT2D eigenvalue weighted by Gasteiger charge is 2.25. The predicted octanol–water partition coefficient (Wildman–Crippen LogP) is 15.6. The van der Waals surface area contributed by atoms with Gasteiger partial charge in [-0.15, -0.1) is 0 Å². The van der Waals surface area contributed by atoms with Crippen LogP contribution in [0.3, 0.4) is 0 Å². The van der Waals surface area contributed by atoms with Crippen molar-refractivity contribution in [2.24, 2.45) is 0 Å². The van der Waals surface area contributed by atoms with Crippen molar-refractivity contribution in [3.8, 4) is 56.9 Å². The third-order valence-electron chi connectivity index (χ3n) is 13.6. The Morgan fingerprint density at radius 2 is 0.750 bits per heavy atom. The van der Waals surface area contributed by atoms with Crippen molar-refractivity contribution in [1.82, 2.24) is 29.1 Å². The predicted molar refractivity (Wildman–Crippen MR) is 281 cm³/mol. The van der Waals surface area contributed by atoms with E-state index in [1.807, 2.05) is 66.7 Å². The molecule has 4 heterocycles. The fourth-order valence-electron chi connectivity index (χ4n) is 10.6. The van der Waals surface area contributed by atoms with Crippen LogP contribution in [0.4, 0.5) is 0 Å². The van der Waals surface area contributed by atoms with Gasteiger partial charge in [-0.25, -0.2) is 9.97 Å². The van der Waals surface area contributed by atoms with Crippen molar-refractivity contribution in [2.75, 3.05) is 0 Å². The Balaban J connectivity index is 1.07. The molecule has 0 atom stereocenters. The molecule has 6 nitrogen and oxygen atoms in total. The molecule has 6 heteroatoms. The third kappa shape index (κ3) is 5.84. The fraction of sp³-hybridized carbons (Fsp3) is 0. The van der Waals surface area contributed by atoms with Crippen LogP contribution in [0, 0.1) is 0 Å². The van der Waals surface area contributed by atoms with E-state index < -0.39 is 0 Å². The summed E-state index contributed by atoms with van der Waals surface area (Å²) < 4.78 is 4.71. The lowest BCUT2D eigenvalue weighted by Crippen LogP contribution is -2.08. The Labute approximate surface area is 390 Å². The first kappa shape index (κ1) is 38.1. The highest BCUT2D eigenvalue weighted by atomic mass is 15.2. The van der Waals surface area contributed by atoms with E-state index in [1.165, 1.54) is 32.3 Å². The summed E-state index contributed by atoms with van der Waals surface area (Å²) in [6.45, 7) is 0. The molecule has 14 rings (SSSR count). The molecule has 0 N–H and O–H groups in total. The summed E-state index contributed by atoms with van der Waals surface area (Å²) in [4.78, 5) is 21.0. The number of aromatic nitrogens is 6. The van der Waals surface area contributed by atoms with Gasteiger partial charge in [-0.2, -0.15) is 9.97 Å². The lowest BCUT2D eigenvalue weighted by atomic mass is 9.92. The summed E-state index contributed by atoms with van der Waals surface area (Å²) in [5.74, 6) is 1.57. The normalized spacial score (nSPS) is 11.8. The number of rotatable bonds is 6. The van der Waals surface area contributed by atoms with Crippen LogP contribution in [0.1, 0.15) is 0 Å². The highest BCUT2D eigenvalue weighted by molar-refractivity contribution is 6.26. The lowest BCUT2D eigenvalue weighted by molar-refractivity contribution is 0.948. The van der Waals surface area contributed by atoms with E-state index in [0.29, 0.717) is 23.3 Å². The van der Waals surface area contributed by atoms with Gasteiger partial charge < -0.3 is 4.57 Å². The zero-order valence-corrected chi connectivity index (χ0v) is 36.6. The highest BCUT2D eigenvalue weighted by Crippen LogP contribution is 2.44. The number of pyridine rings is 1. The standard InChI is InChI=1S/C62H38N6/c1-3-18-39(19-4-1)53-29-17-30-54(63-53)61-64-60(40-20-5-2-6-21-40)65-62(66-61)68-57-33-16-13-28-49(57)51-37-36-50-48-27-12-15-32-56(48)67(58(50)59(51)68)55-31-14-11-22-42(55)41-34-35-47-45-25-8-7-23-43(45)44-24-9-10-26-46(44)52(47)38-41/h1-38H. The Kier molecular flexibility index (Phi) is 8.48. The van der Waals surface area contributed by atoms with Gasteiger partial charge in [0.05, 0.1) is 33.4 Å². The van der Waals surface area contributed by atoms with Crippen LogP contribution in [-0.4, -0.2) is 29.1 Å². The zero-order valence-electron chi connectivity index (χ0n) is 36.6. The van der Waals surface area contributed by atoms with Crippen molar-refractivity contribution in [3.05, 3.63) is 231 Å². The molecule has 4 aromatic heterocycles. The Morgan fingerprint density at radius 1 is 0.265 bits per heavy atom. The number of hydrogen-bond acceptors (Lipinski definition) is 4. The second-order valence-electron chi connectivity index (χ2n) is 17.4. The third-order valence-corrected chi connectivity index (χ3v) is 13.6. The molecule has 0 aliphatic carbocycles. The molecule has 316 valence electrons. The number of nitrogens with zero attached hydrogens (tertiary/aromatic N) is 6. The molecule has 0 bridgehead atoms. The molecule has 0 amide bonds. The molecule has 0 fully saturated rings. The maximum Gasteiger partial charge on any atom is 0.238 e. The van der Waals surface area contributed by atoms with Crippen LogP contribution in [0.5, 0.6) is 0 Å². The van der Waals surface area contributed by atoms with Gasteiger partial charge in [-0.3, -0.25) is 4.57 Å². The van der Waals surface area contributed by atoms with Crippen molar-refractivity contribution >= 4 is 75.9 Å². The summed E-state index contributed by atoms with van der Waals surface area (Å²) in [6, 6.07) is 81.7. The van der Waals surface area contributed by atoms with Crippen molar-refractivity contribution < 1.29 is 0 Å². The summed E-state index contributed by atoms with van der Waals surface area (Å²) >= 11 is 0. The van der Waals surface area contributed by atoms with E-state index in [9.17, 15) is 0 Å². The molecule has 10 aromatic carbocycles. The van der Waals surface area contributed by atoms with Crippen LogP contribution in [0.25, 0.3) is 133 Å². The van der Waals surface area contributed by atoms with E-state index >= 15 is 0 Å². The lowest BCUT2D eigenvalue weighted by Gasteiger charge is -2.17. The maximum atomic E-state index is 5.38. The van der Waals surface area contributed by atoms with Crippen molar-refractivity contribution in [2.45, 2.75) is 0 Å². The van der Waals surface area contributed by atoms with Crippen LogP contribution >= 0.6 is 0 Å². The maximum absolute atomic E-state index is 5.38. The quantitative estimate of drug-likeness (QED) is 0.156. The molecule has 0 spiro atoms. The van der Waals surface area contributed by atoms with Crippen LogP contribution in [-0.2, 0) is 0 Å². The van der Waals surface area contributed by atoms with Crippen LogP contribution in [0.2, 0.25) is 0 Å².